The molecule has 1 amide bonds. The zero-order chi connectivity index (χ0) is 15.4. The fourth-order valence-electron chi connectivity index (χ4n) is 2.50. The Morgan fingerprint density at radius 1 is 1.09 bits per heavy atom. The summed E-state index contributed by atoms with van der Waals surface area (Å²) in [4.78, 5) is 24.8. The van der Waals surface area contributed by atoms with E-state index in [-0.39, 0.29) is 5.91 Å². The van der Waals surface area contributed by atoms with E-state index in [0.29, 0.717) is 18.7 Å². The van der Waals surface area contributed by atoms with Gasteiger partial charge in [0.1, 0.15) is 11.6 Å². The zero-order valence-electron chi connectivity index (χ0n) is 12.5. The molecule has 0 aromatic carbocycles. The monoisotopic (exact) mass is 298 g/mol. The first-order valence-corrected chi connectivity index (χ1v) is 7.22. The van der Waals surface area contributed by atoms with E-state index in [1.165, 1.54) is 0 Å². The number of amides is 1. The van der Waals surface area contributed by atoms with E-state index in [9.17, 15) is 4.79 Å². The van der Waals surface area contributed by atoms with Crippen molar-refractivity contribution in [1.29, 1.82) is 0 Å². The van der Waals surface area contributed by atoms with E-state index in [0.717, 1.165) is 24.7 Å². The third-order valence-electron chi connectivity index (χ3n) is 3.77. The molecule has 22 heavy (non-hydrogen) atoms. The van der Waals surface area contributed by atoms with Crippen LogP contribution in [0.15, 0.2) is 42.9 Å². The van der Waals surface area contributed by atoms with Crippen LogP contribution in [-0.4, -0.2) is 54.1 Å². The van der Waals surface area contributed by atoms with E-state index in [4.69, 9.17) is 4.74 Å². The predicted octanol–water partition coefficient (Wildman–Crippen LogP) is 1.45. The SMILES string of the molecule is COc1ccc(N2CCN(C(=O)c3ccncc3)CC2)nc1. The number of pyridine rings is 2. The molecule has 0 aliphatic carbocycles. The molecule has 3 rings (SSSR count). The minimum atomic E-state index is 0.0599. The Labute approximate surface area is 129 Å². The summed E-state index contributed by atoms with van der Waals surface area (Å²) in [5, 5.41) is 0. The van der Waals surface area contributed by atoms with Crippen LogP contribution in [0.2, 0.25) is 0 Å². The number of hydrogen-bond acceptors (Lipinski definition) is 5. The van der Waals surface area contributed by atoms with Gasteiger partial charge in [-0.3, -0.25) is 9.78 Å². The van der Waals surface area contributed by atoms with Gasteiger partial charge in [0.05, 0.1) is 13.3 Å². The maximum absolute atomic E-state index is 12.4. The maximum atomic E-state index is 12.4. The fraction of sp³-hybridized carbons (Fsp3) is 0.312. The second-order valence-electron chi connectivity index (χ2n) is 5.07. The van der Waals surface area contributed by atoms with E-state index in [1.807, 2.05) is 17.0 Å². The average Bonchev–Trinajstić information content (AvgIpc) is 2.62. The van der Waals surface area contributed by atoms with E-state index < -0.39 is 0 Å². The maximum Gasteiger partial charge on any atom is 0.254 e. The molecule has 1 aliphatic rings. The summed E-state index contributed by atoms with van der Waals surface area (Å²) in [6.07, 6.45) is 5.00. The highest BCUT2D eigenvalue weighted by Crippen LogP contribution is 2.17. The normalized spacial score (nSPS) is 14.8. The summed E-state index contributed by atoms with van der Waals surface area (Å²) >= 11 is 0. The number of rotatable bonds is 3. The van der Waals surface area contributed by atoms with E-state index in [1.54, 1.807) is 37.8 Å². The number of piperazine rings is 1. The van der Waals surface area contributed by atoms with Crippen LogP contribution < -0.4 is 9.64 Å². The van der Waals surface area contributed by atoms with Crippen molar-refractivity contribution in [2.75, 3.05) is 38.2 Å². The average molecular weight is 298 g/mol. The van der Waals surface area contributed by atoms with Gasteiger partial charge in [0.15, 0.2) is 0 Å². The summed E-state index contributed by atoms with van der Waals surface area (Å²) in [6, 6.07) is 7.34. The Morgan fingerprint density at radius 3 is 2.41 bits per heavy atom. The van der Waals surface area contributed by atoms with Gasteiger partial charge in [-0.05, 0) is 24.3 Å². The van der Waals surface area contributed by atoms with E-state index >= 15 is 0 Å². The smallest absolute Gasteiger partial charge is 0.254 e. The Hall–Kier alpha value is -2.63. The van der Waals surface area contributed by atoms with Crippen LogP contribution in [0.25, 0.3) is 0 Å². The second-order valence-corrected chi connectivity index (χ2v) is 5.07. The lowest BCUT2D eigenvalue weighted by Crippen LogP contribution is -2.49. The van der Waals surface area contributed by atoms with Crippen LogP contribution in [0.5, 0.6) is 5.75 Å². The number of carbonyl (C=O) groups is 1. The van der Waals surface area contributed by atoms with Crippen molar-refractivity contribution in [2.24, 2.45) is 0 Å². The Balaban J connectivity index is 1.61. The minimum absolute atomic E-state index is 0.0599. The highest BCUT2D eigenvalue weighted by molar-refractivity contribution is 5.94. The standard InChI is InChI=1S/C16H18N4O2/c1-22-14-2-3-15(18-12-14)19-8-10-20(11-9-19)16(21)13-4-6-17-7-5-13/h2-7,12H,8-11H2,1H3. The van der Waals surface area contributed by atoms with Crippen LogP contribution in [0, 0.1) is 0 Å². The molecule has 6 nitrogen and oxygen atoms in total. The first-order chi connectivity index (χ1) is 10.8. The number of methoxy groups -OCH3 is 1. The van der Waals surface area contributed by atoms with Crippen molar-refractivity contribution in [3.8, 4) is 5.75 Å². The molecule has 114 valence electrons. The lowest BCUT2D eigenvalue weighted by atomic mass is 10.2. The van der Waals surface area contributed by atoms with Gasteiger partial charge in [0.25, 0.3) is 5.91 Å². The summed E-state index contributed by atoms with van der Waals surface area (Å²) in [5.74, 6) is 1.72. The molecule has 0 unspecified atom stereocenters. The molecule has 0 radical (unpaired) electrons. The lowest BCUT2D eigenvalue weighted by molar-refractivity contribution is 0.0746. The second kappa shape index (κ2) is 6.43. The fourth-order valence-corrected chi connectivity index (χ4v) is 2.50. The van der Waals surface area contributed by atoms with Crippen LogP contribution in [0.4, 0.5) is 5.82 Å². The number of anilines is 1. The van der Waals surface area contributed by atoms with Gasteiger partial charge >= 0.3 is 0 Å². The summed E-state index contributed by atoms with van der Waals surface area (Å²) in [7, 11) is 1.63. The Morgan fingerprint density at radius 2 is 1.82 bits per heavy atom. The van der Waals surface area contributed by atoms with Crippen molar-refractivity contribution in [1.82, 2.24) is 14.9 Å². The van der Waals surface area contributed by atoms with Gasteiger partial charge in [0, 0.05) is 44.1 Å². The molecule has 2 aromatic rings. The summed E-state index contributed by atoms with van der Waals surface area (Å²) in [6.45, 7) is 2.93. The molecule has 0 saturated carbocycles. The molecule has 1 aliphatic heterocycles. The highest BCUT2D eigenvalue weighted by Gasteiger charge is 2.22. The first-order valence-electron chi connectivity index (χ1n) is 7.22. The van der Waals surface area contributed by atoms with Gasteiger partial charge in [-0.1, -0.05) is 0 Å². The van der Waals surface area contributed by atoms with Crippen molar-refractivity contribution in [2.45, 2.75) is 0 Å². The van der Waals surface area contributed by atoms with Gasteiger partial charge in [-0.15, -0.1) is 0 Å². The van der Waals surface area contributed by atoms with Crippen LogP contribution in [0.1, 0.15) is 10.4 Å². The molecule has 0 spiro atoms. The zero-order valence-corrected chi connectivity index (χ0v) is 12.5. The van der Waals surface area contributed by atoms with Crippen molar-refractivity contribution in [3.05, 3.63) is 48.4 Å². The molecular weight excluding hydrogens is 280 g/mol. The van der Waals surface area contributed by atoms with Crippen molar-refractivity contribution in [3.63, 3.8) is 0 Å². The number of aromatic nitrogens is 2. The predicted molar refractivity (Wildman–Crippen MR) is 83.1 cm³/mol. The molecule has 0 atom stereocenters. The largest absolute Gasteiger partial charge is 0.495 e. The molecule has 6 heteroatoms. The van der Waals surface area contributed by atoms with Crippen LogP contribution in [0.3, 0.4) is 0 Å². The molecule has 0 N–H and O–H groups in total. The van der Waals surface area contributed by atoms with Gasteiger partial charge < -0.3 is 14.5 Å². The van der Waals surface area contributed by atoms with Crippen LogP contribution in [-0.2, 0) is 0 Å². The first kappa shape index (κ1) is 14.3. The highest BCUT2D eigenvalue weighted by atomic mass is 16.5. The van der Waals surface area contributed by atoms with Crippen molar-refractivity contribution >= 4 is 11.7 Å². The third-order valence-corrected chi connectivity index (χ3v) is 3.77. The van der Waals surface area contributed by atoms with Gasteiger partial charge in [0.2, 0.25) is 0 Å². The van der Waals surface area contributed by atoms with Gasteiger partial charge in [-0.2, -0.15) is 0 Å². The number of ether oxygens (including phenoxy) is 1. The van der Waals surface area contributed by atoms with Crippen LogP contribution >= 0.6 is 0 Å². The third kappa shape index (κ3) is 3.00. The molecular formula is C16H18N4O2. The molecule has 1 saturated heterocycles. The molecule has 3 heterocycles. The number of hydrogen-bond donors (Lipinski definition) is 0. The summed E-state index contributed by atoms with van der Waals surface area (Å²) in [5.41, 5.74) is 0.686. The number of carbonyl (C=O) groups excluding carboxylic acids is 1. The Kier molecular flexibility index (Phi) is 4.18. The molecule has 2 aromatic heterocycles. The number of nitrogens with zero attached hydrogens (tertiary/aromatic N) is 4. The molecule has 0 bridgehead atoms. The van der Waals surface area contributed by atoms with E-state index in [2.05, 4.69) is 14.9 Å². The van der Waals surface area contributed by atoms with Crippen molar-refractivity contribution < 1.29 is 9.53 Å². The lowest BCUT2D eigenvalue weighted by Gasteiger charge is -2.35. The summed E-state index contributed by atoms with van der Waals surface area (Å²) < 4.78 is 5.12. The van der Waals surface area contributed by atoms with Gasteiger partial charge in [-0.25, -0.2) is 4.98 Å². The Bertz CT molecular complexity index is 622. The topological polar surface area (TPSA) is 58.6 Å². The quantitative estimate of drug-likeness (QED) is 0.858. The molecule has 1 fully saturated rings. The minimum Gasteiger partial charge on any atom is -0.495 e.